The van der Waals surface area contributed by atoms with Gasteiger partial charge in [-0.15, -0.1) is 0 Å². The third kappa shape index (κ3) is 4.45. The lowest BCUT2D eigenvalue weighted by Crippen LogP contribution is -2.01. The Morgan fingerprint density at radius 1 is 1.22 bits per heavy atom. The fourth-order valence-electron chi connectivity index (χ4n) is 2.29. The van der Waals surface area contributed by atoms with Crippen LogP contribution in [0.5, 0.6) is 5.75 Å². The van der Waals surface area contributed by atoms with Crippen molar-refractivity contribution in [3.63, 3.8) is 0 Å². The molecule has 23 heavy (non-hydrogen) atoms. The number of hydrogen-bond donors (Lipinski definition) is 0. The molecule has 0 amide bonds. The lowest BCUT2D eigenvalue weighted by molar-refractivity contribution is 0.348. The Balaban J connectivity index is 1.39. The second kappa shape index (κ2) is 7.63. The van der Waals surface area contributed by atoms with Crippen LogP contribution >= 0.6 is 0 Å². The maximum Gasteiger partial charge on any atom is 0.216 e. The molecule has 1 aliphatic heterocycles. The van der Waals surface area contributed by atoms with E-state index in [1.54, 1.807) is 0 Å². The van der Waals surface area contributed by atoms with Crippen molar-refractivity contribution in [2.24, 2.45) is 4.99 Å². The van der Waals surface area contributed by atoms with Gasteiger partial charge in [-0.25, -0.2) is 4.99 Å². The molecule has 0 radical (unpaired) electrons. The number of aryl methyl sites for hydroxylation is 2. The van der Waals surface area contributed by atoms with E-state index in [-0.39, 0.29) is 0 Å². The number of rotatable bonds is 7. The van der Waals surface area contributed by atoms with E-state index in [2.05, 4.69) is 16.2 Å². The Hall–Kier alpha value is -2.56. The molecule has 2 aromatic rings. The van der Waals surface area contributed by atoms with Crippen molar-refractivity contribution in [3.8, 4) is 5.75 Å². The zero-order chi connectivity index (χ0) is 15.9. The summed E-state index contributed by atoms with van der Waals surface area (Å²) in [5.74, 6) is 2.47. The van der Waals surface area contributed by atoms with Crippen LogP contribution in [0.2, 0.25) is 0 Å². The molecule has 120 valence electrons. The van der Waals surface area contributed by atoms with Crippen molar-refractivity contribution in [1.29, 1.82) is 0 Å². The van der Waals surface area contributed by atoms with E-state index in [1.165, 1.54) is 0 Å². The zero-order valence-corrected chi connectivity index (χ0v) is 13.2. The van der Waals surface area contributed by atoms with Crippen LogP contribution in [0, 0.1) is 6.92 Å². The molecular formula is C18H20N2O3. The van der Waals surface area contributed by atoms with Crippen LogP contribution in [0.25, 0.3) is 0 Å². The summed E-state index contributed by atoms with van der Waals surface area (Å²) in [6, 6.07) is 9.77. The highest BCUT2D eigenvalue weighted by Gasteiger charge is 2.09. The number of aliphatic imine (C=N–C) groups is 1. The summed E-state index contributed by atoms with van der Waals surface area (Å²) in [6.45, 7) is 3.89. The first-order valence-electron chi connectivity index (χ1n) is 7.79. The van der Waals surface area contributed by atoms with E-state index < -0.39 is 0 Å². The summed E-state index contributed by atoms with van der Waals surface area (Å²) in [4.78, 5) is 4.29. The van der Waals surface area contributed by atoms with Crippen molar-refractivity contribution >= 4 is 5.90 Å². The lowest BCUT2D eigenvalue weighted by atomic mass is 10.2. The average Bonchev–Trinajstić information content (AvgIpc) is 3.23. The molecule has 0 aliphatic carbocycles. The van der Waals surface area contributed by atoms with Gasteiger partial charge in [-0.05, 0) is 37.6 Å². The highest BCUT2D eigenvalue weighted by Crippen LogP contribution is 2.15. The molecule has 0 N–H and O–H groups in total. The number of ether oxygens (including phenoxy) is 2. The SMILES string of the molecule is Cc1cc(CC/C=C/COc2ccc(C3=NCCO3)cc2)on1. The minimum atomic E-state index is 0.548. The third-order valence-corrected chi connectivity index (χ3v) is 3.43. The largest absolute Gasteiger partial charge is 0.490 e. The zero-order valence-electron chi connectivity index (χ0n) is 13.2. The molecule has 0 atom stereocenters. The number of hydrogen-bond acceptors (Lipinski definition) is 5. The fourth-order valence-corrected chi connectivity index (χ4v) is 2.29. The van der Waals surface area contributed by atoms with Gasteiger partial charge in [-0.1, -0.05) is 17.3 Å². The fraction of sp³-hybridized carbons (Fsp3) is 0.333. The predicted molar refractivity (Wildman–Crippen MR) is 88.0 cm³/mol. The number of nitrogens with zero attached hydrogens (tertiary/aromatic N) is 2. The Morgan fingerprint density at radius 2 is 2.09 bits per heavy atom. The molecule has 0 saturated heterocycles. The van der Waals surface area contributed by atoms with Crippen LogP contribution in [-0.4, -0.2) is 30.8 Å². The minimum absolute atomic E-state index is 0.548. The quantitative estimate of drug-likeness (QED) is 0.736. The Morgan fingerprint density at radius 3 is 2.78 bits per heavy atom. The van der Waals surface area contributed by atoms with Gasteiger partial charge in [-0.3, -0.25) is 0 Å². The van der Waals surface area contributed by atoms with Gasteiger partial charge in [0.1, 0.15) is 24.7 Å². The van der Waals surface area contributed by atoms with Crippen molar-refractivity contribution in [1.82, 2.24) is 5.16 Å². The first-order valence-corrected chi connectivity index (χ1v) is 7.79. The van der Waals surface area contributed by atoms with Gasteiger partial charge in [0.15, 0.2) is 0 Å². The molecule has 0 bridgehead atoms. The van der Waals surface area contributed by atoms with Gasteiger partial charge in [0.25, 0.3) is 0 Å². The van der Waals surface area contributed by atoms with E-state index in [4.69, 9.17) is 14.0 Å². The lowest BCUT2D eigenvalue weighted by Gasteiger charge is -2.05. The minimum Gasteiger partial charge on any atom is -0.490 e. The van der Waals surface area contributed by atoms with Crippen LogP contribution in [-0.2, 0) is 11.2 Å². The van der Waals surface area contributed by atoms with Gasteiger partial charge in [0.2, 0.25) is 5.90 Å². The first kappa shape index (κ1) is 15.3. The molecule has 0 fully saturated rings. The number of benzene rings is 1. The molecule has 0 spiro atoms. The van der Waals surface area contributed by atoms with E-state index in [0.29, 0.717) is 13.2 Å². The van der Waals surface area contributed by atoms with Crippen LogP contribution in [0.4, 0.5) is 0 Å². The molecule has 1 aromatic heterocycles. The monoisotopic (exact) mass is 312 g/mol. The predicted octanol–water partition coefficient (Wildman–Crippen LogP) is 3.33. The summed E-state index contributed by atoms with van der Waals surface area (Å²) in [6.07, 6.45) is 5.87. The third-order valence-electron chi connectivity index (χ3n) is 3.43. The van der Waals surface area contributed by atoms with E-state index in [0.717, 1.165) is 48.1 Å². The number of allylic oxidation sites excluding steroid dienone is 1. The van der Waals surface area contributed by atoms with Gasteiger partial charge in [0, 0.05) is 18.1 Å². The maximum atomic E-state index is 5.68. The normalized spacial score (nSPS) is 14.0. The molecule has 0 unspecified atom stereocenters. The summed E-state index contributed by atoms with van der Waals surface area (Å²) >= 11 is 0. The van der Waals surface area contributed by atoms with Crippen LogP contribution in [0.15, 0.2) is 52.0 Å². The van der Waals surface area contributed by atoms with E-state index in [1.807, 2.05) is 43.3 Å². The van der Waals surface area contributed by atoms with Crippen LogP contribution < -0.4 is 4.74 Å². The van der Waals surface area contributed by atoms with Gasteiger partial charge in [0.05, 0.1) is 12.2 Å². The molecule has 0 saturated carbocycles. The van der Waals surface area contributed by atoms with Crippen LogP contribution in [0.1, 0.15) is 23.4 Å². The Bertz CT molecular complexity index is 687. The highest BCUT2D eigenvalue weighted by atomic mass is 16.5. The van der Waals surface area contributed by atoms with Crippen molar-refractivity contribution in [3.05, 3.63) is 59.5 Å². The standard InChI is InChI=1S/C18H20N2O3/c1-14-13-17(23-20-14)5-3-2-4-11-21-16-8-6-15(7-9-16)18-19-10-12-22-18/h2,4,6-9,13H,3,5,10-12H2,1H3/b4-2+. The topological polar surface area (TPSA) is 56.9 Å². The summed E-state index contributed by atoms with van der Waals surface area (Å²) in [5, 5.41) is 3.87. The van der Waals surface area contributed by atoms with Crippen molar-refractivity contribution < 1.29 is 14.0 Å². The second-order valence-corrected chi connectivity index (χ2v) is 5.32. The second-order valence-electron chi connectivity index (χ2n) is 5.32. The molecule has 2 heterocycles. The van der Waals surface area contributed by atoms with E-state index in [9.17, 15) is 0 Å². The molecule has 3 rings (SSSR count). The Labute approximate surface area is 135 Å². The van der Waals surface area contributed by atoms with Crippen molar-refractivity contribution in [2.75, 3.05) is 19.8 Å². The van der Waals surface area contributed by atoms with Gasteiger partial charge >= 0.3 is 0 Å². The molecular weight excluding hydrogens is 292 g/mol. The smallest absolute Gasteiger partial charge is 0.216 e. The molecule has 1 aliphatic rings. The summed E-state index contributed by atoms with van der Waals surface area (Å²) in [5.41, 5.74) is 1.91. The first-order chi connectivity index (χ1) is 11.3. The molecule has 1 aromatic carbocycles. The van der Waals surface area contributed by atoms with Crippen LogP contribution in [0.3, 0.4) is 0 Å². The average molecular weight is 312 g/mol. The Kier molecular flexibility index (Phi) is 5.09. The highest BCUT2D eigenvalue weighted by molar-refractivity contribution is 5.94. The number of aromatic nitrogens is 1. The maximum absolute atomic E-state index is 5.68. The summed E-state index contributed by atoms with van der Waals surface area (Å²) in [7, 11) is 0. The molecule has 5 heteroatoms. The van der Waals surface area contributed by atoms with Gasteiger partial charge < -0.3 is 14.0 Å². The van der Waals surface area contributed by atoms with Gasteiger partial charge in [-0.2, -0.15) is 0 Å². The summed E-state index contributed by atoms with van der Waals surface area (Å²) < 4.78 is 16.3. The molecule has 5 nitrogen and oxygen atoms in total. The van der Waals surface area contributed by atoms with Crippen molar-refractivity contribution in [2.45, 2.75) is 19.8 Å². The van der Waals surface area contributed by atoms with E-state index >= 15 is 0 Å².